The molecule has 0 aromatic heterocycles. The number of para-hydroxylation sites is 1. The third-order valence-electron chi connectivity index (χ3n) is 6.59. The van der Waals surface area contributed by atoms with Crippen LogP contribution in [-0.2, 0) is 26.0 Å². The van der Waals surface area contributed by atoms with Gasteiger partial charge >= 0.3 is 0 Å². The zero-order valence-corrected chi connectivity index (χ0v) is 19.9. The Labute approximate surface area is 198 Å². The molecule has 4 rings (SSSR count). The van der Waals surface area contributed by atoms with E-state index in [9.17, 15) is 28.1 Å². The second kappa shape index (κ2) is 9.27. The number of nitro groups is 1. The molecule has 1 saturated heterocycles. The zero-order chi connectivity index (χ0) is 24.6. The molecule has 2 atom stereocenters. The van der Waals surface area contributed by atoms with E-state index in [4.69, 9.17) is 0 Å². The molecular formula is C24H27N3O6S. The molecule has 1 heterocycles. The summed E-state index contributed by atoms with van der Waals surface area (Å²) < 4.78 is 27.5. The monoisotopic (exact) mass is 485 g/mol. The summed E-state index contributed by atoms with van der Waals surface area (Å²) in [6.45, 7) is 2.83. The fraction of sp³-hybridized carbons (Fsp3) is 0.417. The smallest absolute Gasteiger partial charge is 0.289 e. The molecule has 2 aromatic carbocycles. The Bertz CT molecular complexity index is 1220. The van der Waals surface area contributed by atoms with E-state index >= 15 is 0 Å². The van der Waals surface area contributed by atoms with Crippen molar-refractivity contribution in [1.29, 1.82) is 0 Å². The molecule has 0 radical (unpaired) electrons. The molecule has 1 aliphatic heterocycles. The fourth-order valence-electron chi connectivity index (χ4n) is 4.50. The number of hydrogen-bond acceptors (Lipinski definition) is 6. The average molecular weight is 486 g/mol. The number of sulfonamides is 1. The van der Waals surface area contributed by atoms with Crippen molar-refractivity contribution >= 4 is 27.4 Å². The number of piperazine rings is 1. The minimum absolute atomic E-state index is 0.0213. The van der Waals surface area contributed by atoms with Gasteiger partial charge in [-0.1, -0.05) is 36.4 Å². The number of Topliss-reactive ketones (excluding diaryl/α,β-unsaturated/α-hetero) is 1. The lowest BCUT2D eigenvalue weighted by molar-refractivity contribution is -0.387. The summed E-state index contributed by atoms with van der Waals surface area (Å²) in [5.41, 5.74) is 1.67. The van der Waals surface area contributed by atoms with Gasteiger partial charge in [-0.05, 0) is 56.2 Å². The summed E-state index contributed by atoms with van der Waals surface area (Å²) in [6.07, 6.45) is 2.73. The molecule has 0 spiro atoms. The van der Waals surface area contributed by atoms with E-state index in [-0.39, 0.29) is 18.9 Å². The average Bonchev–Trinajstić information content (AvgIpc) is 3.65. The molecule has 0 unspecified atom stereocenters. The lowest BCUT2D eigenvalue weighted by Gasteiger charge is -2.41. The SMILES string of the molecule is CC(=O)[C@H](Cc1ccc(C2CC2)cc1)N1CCN(S(=O)(=O)c2ccccc2[N+](=O)[O-])[C@@H](C)C1=O. The minimum Gasteiger partial charge on any atom is -0.330 e. The van der Waals surface area contributed by atoms with Crippen LogP contribution in [0.4, 0.5) is 5.69 Å². The molecule has 0 bridgehead atoms. The highest BCUT2D eigenvalue weighted by molar-refractivity contribution is 7.89. The van der Waals surface area contributed by atoms with Crippen molar-refractivity contribution in [3.8, 4) is 0 Å². The third kappa shape index (κ3) is 4.60. The van der Waals surface area contributed by atoms with E-state index in [1.807, 2.05) is 12.1 Å². The van der Waals surface area contributed by atoms with Crippen LogP contribution >= 0.6 is 0 Å². The number of ketones is 1. The van der Waals surface area contributed by atoms with E-state index < -0.39 is 43.5 Å². The van der Waals surface area contributed by atoms with E-state index in [2.05, 4.69) is 12.1 Å². The topological polar surface area (TPSA) is 118 Å². The summed E-state index contributed by atoms with van der Waals surface area (Å²) >= 11 is 0. The van der Waals surface area contributed by atoms with Crippen LogP contribution in [0.5, 0.6) is 0 Å². The molecule has 1 saturated carbocycles. The van der Waals surface area contributed by atoms with E-state index in [0.29, 0.717) is 12.3 Å². The Balaban J connectivity index is 1.54. The molecular weight excluding hydrogens is 458 g/mol. The van der Waals surface area contributed by atoms with Crippen molar-refractivity contribution in [2.45, 2.75) is 56.0 Å². The number of hydrogen-bond donors (Lipinski definition) is 0. The van der Waals surface area contributed by atoms with Crippen molar-refractivity contribution in [1.82, 2.24) is 9.21 Å². The fourth-order valence-corrected chi connectivity index (χ4v) is 6.24. The third-order valence-corrected chi connectivity index (χ3v) is 8.60. The van der Waals surface area contributed by atoms with Crippen molar-refractivity contribution in [3.05, 3.63) is 69.8 Å². The molecule has 1 aliphatic carbocycles. The highest BCUT2D eigenvalue weighted by Crippen LogP contribution is 2.40. The standard InChI is InChI=1S/C24H27N3O6S/c1-16-24(29)25(22(17(2)28)15-18-7-9-19(10-8-18)20-11-12-20)13-14-26(16)34(32,33)23-6-4-3-5-21(23)27(30)31/h3-10,16,20,22H,11-15H2,1-2H3/t16-,22-/m0/s1. The van der Waals surface area contributed by atoms with Gasteiger partial charge in [0.1, 0.15) is 6.04 Å². The van der Waals surface area contributed by atoms with Gasteiger partial charge in [-0.25, -0.2) is 8.42 Å². The second-order valence-corrected chi connectivity index (χ2v) is 10.8. The van der Waals surface area contributed by atoms with Gasteiger partial charge in [0.05, 0.1) is 11.0 Å². The Hall–Kier alpha value is -3.11. The van der Waals surface area contributed by atoms with Gasteiger partial charge in [-0.15, -0.1) is 0 Å². The van der Waals surface area contributed by atoms with Crippen LogP contribution in [0.3, 0.4) is 0 Å². The van der Waals surface area contributed by atoms with Crippen LogP contribution in [0.2, 0.25) is 0 Å². The summed E-state index contributed by atoms with van der Waals surface area (Å²) in [5.74, 6) is -0.0550. The number of nitro benzene ring substituents is 1. The largest absolute Gasteiger partial charge is 0.330 e. The summed E-state index contributed by atoms with van der Waals surface area (Å²) in [7, 11) is -4.30. The summed E-state index contributed by atoms with van der Waals surface area (Å²) in [4.78, 5) is 37.3. The highest BCUT2D eigenvalue weighted by atomic mass is 32.2. The first-order chi connectivity index (χ1) is 16.1. The maximum atomic E-state index is 13.3. The van der Waals surface area contributed by atoms with Gasteiger partial charge in [0.25, 0.3) is 15.7 Å². The molecule has 9 nitrogen and oxygen atoms in total. The lowest BCUT2D eigenvalue weighted by Crippen LogP contribution is -2.61. The van der Waals surface area contributed by atoms with Crippen LogP contribution in [-0.4, -0.2) is 59.4 Å². The maximum absolute atomic E-state index is 13.3. The number of carbonyl (C=O) groups is 2. The van der Waals surface area contributed by atoms with Gasteiger partial charge in [-0.2, -0.15) is 4.31 Å². The Morgan fingerprint density at radius 3 is 2.35 bits per heavy atom. The van der Waals surface area contributed by atoms with Gasteiger partial charge < -0.3 is 4.90 Å². The molecule has 0 N–H and O–H groups in total. The predicted octanol–water partition coefficient (Wildman–Crippen LogP) is 2.89. The van der Waals surface area contributed by atoms with Crippen LogP contribution in [0, 0.1) is 10.1 Å². The Morgan fingerprint density at radius 2 is 1.76 bits per heavy atom. The molecule has 180 valence electrons. The summed E-state index contributed by atoms with van der Waals surface area (Å²) in [6, 6.07) is 11.4. The molecule has 34 heavy (non-hydrogen) atoms. The molecule has 10 heteroatoms. The van der Waals surface area contributed by atoms with Crippen LogP contribution in [0.15, 0.2) is 53.4 Å². The Morgan fingerprint density at radius 1 is 1.12 bits per heavy atom. The number of rotatable bonds is 8. The van der Waals surface area contributed by atoms with Crippen LogP contribution < -0.4 is 0 Å². The zero-order valence-electron chi connectivity index (χ0n) is 19.1. The highest BCUT2D eigenvalue weighted by Gasteiger charge is 2.43. The quantitative estimate of drug-likeness (QED) is 0.419. The number of nitrogens with zero attached hydrogens (tertiary/aromatic N) is 3. The number of carbonyl (C=O) groups excluding carboxylic acids is 2. The normalized spacial score (nSPS) is 20.2. The van der Waals surface area contributed by atoms with Crippen LogP contribution in [0.25, 0.3) is 0 Å². The van der Waals surface area contributed by atoms with Gasteiger partial charge in [0.15, 0.2) is 10.7 Å². The van der Waals surface area contributed by atoms with Crippen LogP contribution in [0.1, 0.15) is 43.7 Å². The van der Waals surface area contributed by atoms with Gasteiger partial charge in [0, 0.05) is 19.2 Å². The molecule has 1 amide bonds. The first kappa shape index (κ1) is 24.0. The summed E-state index contributed by atoms with van der Waals surface area (Å²) in [5, 5.41) is 11.4. The van der Waals surface area contributed by atoms with Gasteiger partial charge in [-0.3, -0.25) is 19.7 Å². The molecule has 2 aromatic rings. The number of benzene rings is 2. The lowest BCUT2D eigenvalue weighted by atomic mass is 9.98. The van der Waals surface area contributed by atoms with E-state index in [0.717, 1.165) is 15.9 Å². The van der Waals surface area contributed by atoms with Crippen molar-refractivity contribution < 1.29 is 22.9 Å². The molecule has 2 fully saturated rings. The first-order valence-corrected chi connectivity index (χ1v) is 12.7. The second-order valence-electron chi connectivity index (χ2n) is 8.89. The van der Waals surface area contributed by atoms with Crippen molar-refractivity contribution in [2.75, 3.05) is 13.1 Å². The van der Waals surface area contributed by atoms with E-state index in [1.54, 1.807) is 0 Å². The number of amides is 1. The van der Waals surface area contributed by atoms with Gasteiger partial charge in [0.2, 0.25) is 5.91 Å². The minimum atomic E-state index is -4.30. The van der Waals surface area contributed by atoms with Crippen molar-refractivity contribution in [3.63, 3.8) is 0 Å². The maximum Gasteiger partial charge on any atom is 0.289 e. The predicted molar refractivity (Wildman–Crippen MR) is 125 cm³/mol. The Kier molecular flexibility index (Phi) is 6.55. The van der Waals surface area contributed by atoms with Crippen molar-refractivity contribution in [2.24, 2.45) is 0 Å². The first-order valence-electron chi connectivity index (χ1n) is 11.3. The molecule has 2 aliphatic rings. The van der Waals surface area contributed by atoms with E-state index in [1.165, 1.54) is 55.4 Å².